The summed E-state index contributed by atoms with van der Waals surface area (Å²) in [6.45, 7) is 2.52. The van der Waals surface area contributed by atoms with Crippen LogP contribution in [0.15, 0.2) is 62.0 Å². The molecule has 34 heavy (non-hydrogen) atoms. The smallest absolute Gasteiger partial charge is 0.352 e. The third-order valence-electron chi connectivity index (χ3n) is 5.85. The second-order valence-corrected chi connectivity index (χ2v) is 8.96. The standard InChI is InChI=1S/C23H19N5O5S/c1-14-4-5-18-17(11-14)25(7-9-33-18)19(29)13-27-23(31)28-16-6-10-34-20(16)21(30)26(22(28)24-27)12-15-3-2-8-32-15/h2-6,8,10-11H,7,9,12-13H2,1H3. The molecule has 0 aliphatic carbocycles. The van der Waals surface area contributed by atoms with Crippen molar-refractivity contribution >= 4 is 38.9 Å². The maximum absolute atomic E-state index is 13.4. The molecule has 172 valence electrons. The zero-order valence-electron chi connectivity index (χ0n) is 18.1. The molecule has 1 amide bonds. The van der Waals surface area contributed by atoms with Crippen LogP contribution in [0.1, 0.15) is 11.3 Å². The lowest BCUT2D eigenvalue weighted by molar-refractivity contribution is -0.119. The average molecular weight is 478 g/mol. The highest BCUT2D eigenvalue weighted by atomic mass is 32.1. The molecule has 1 aromatic carbocycles. The highest BCUT2D eigenvalue weighted by Gasteiger charge is 2.26. The summed E-state index contributed by atoms with van der Waals surface area (Å²) >= 11 is 1.25. The van der Waals surface area contributed by atoms with E-state index in [-0.39, 0.29) is 30.3 Å². The Morgan fingerprint density at radius 1 is 1.21 bits per heavy atom. The van der Waals surface area contributed by atoms with Crippen LogP contribution in [0.2, 0.25) is 0 Å². The van der Waals surface area contributed by atoms with Crippen molar-refractivity contribution in [3.8, 4) is 5.75 Å². The summed E-state index contributed by atoms with van der Waals surface area (Å²) in [4.78, 5) is 41.4. The molecule has 0 unspecified atom stereocenters. The van der Waals surface area contributed by atoms with E-state index in [1.54, 1.807) is 28.5 Å². The number of hydrogen-bond acceptors (Lipinski definition) is 7. The fourth-order valence-electron chi connectivity index (χ4n) is 4.24. The van der Waals surface area contributed by atoms with Crippen LogP contribution < -0.4 is 20.9 Å². The zero-order valence-corrected chi connectivity index (χ0v) is 18.9. The van der Waals surface area contributed by atoms with E-state index in [0.717, 1.165) is 10.2 Å². The Morgan fingerprint density at radius 3 is 2.91 bits per heavy atom. The van der Waals surface area contributed by atoms with Crippen molar-refractivity contribution in [2.45, 2.75) is 20.0 Å². The van der Waals surface area contributed by atoms with Crippen LogP contribution in [0.3, 0.4) is 0 Å². The van der Waals surface area contributed by atoms with Gasteiger partial charge in [0.25, 0.3) is 5.56 Å². The quantitative estimate of drug-likeness (QED) is 0.393. The Kier molecular flexibility index (Phi) is 4.66. The van der Waals surface area contributed by atoms with Crippen LogP contribution in [-0.2, 0) is 17.9 Å². The molecule has 5 aromatic rings. The highest BCUT2D eigenvalue weighted by molar-refractivity contribution is 7.17. The zero-order chi connectivity index (χ0) is 23.4. The number of nitrogens with zero attached hydrogens (tertiary/aromatic N) is 5. The predicted molar refractivity (Wildman–Crippen MR) is 126 cm³/mol. The van der Waals surface area contributed by atoms with Gasteiger partial charge in [-0.15, -0.1) is 16.4 Å². The number of fused-ring (bicyclic) bond motifs is 4. The van der Waals surface area contributed by atoms with Crippen molar-refractivity contribution in [2.75, 3.05) is 18.1 Å². The Hall–Kier alpha value is -4.12. The van der Waals surface area contributed by atoms with Crippen molar-refractivity contribution in [3.05, 3.63) is 80.2 Å². The molecular formula is C23H19N5O5S. The van der Waals surface area contributed by atoms with Crippen molar-refractivity contribution in [1.29, 1.82) is 0 Å². The van der Waals surface area contributed by atoms with Gasteiger partial charge in [-0.1, -0.05) is 6.07 Å². The molecule has 0 bridgehead atoms. The number of aromatic nitrogens is 4. The van der Waals surface area contributed by atoms with Crippen molar-refractivity contribution < 1.29 is 13.9 Å². The van der Waals surface area contributed by atoms with E-state index in [0.29, 0.717) is 40.6 Å². The normalized spacial score (nSPS) is 13.4. The minimum absolute atomic E-state index is 0.115. The molecule has 10 nitrogen and oxygen atoms in total. The van der Waals surface area contributed by atoms with Gasteiger partial charge in [-0.25, -0.2) is 13.9 Å². The van der Waals surface area contributed by atoms with Gasteiger partial charge in [-0.2, -0.15) is 0 Å². The van der Waals surface area contributed by atoms with Gasteiger partial charge in [0.05, 0.1) is 30.6 Å². The van der Waals surface area contributed by atoms with Gasteiger partial charge in [0.2, 0.25) is 11.7 Å². The van der Waals surface area contributed by atoms with E-state index in [2.05, 4.69) is 5.10 Å². The summed E-state index contributed by atoms with van der Waals surface area (Å²) in [5.41, 5.74) is 1.38. The number of aryl methyl sites for hydroxylation is 1. The summed E-state index contributed by atoms with van der Waals surface area (Å²) in [5.74, 6) is 1.04. The molecule has 1 aliphatic heterocycles. The van der Waals surface area contributed by atoms with Gasteiger partial charge in [-0.05, 0) is 48.2 Å². The molecule has 1 aliphatic rings. The first-order chi connectivity index (χ1) is 16.5. The number of rotatable bonds is 4. The number of ether oxygens (including phenoxy) is 1. The van der Waals surface area contributed by atoms with Crippen LogP contribution >= 0.6 is 11.3 Å². The van der Waals surface area contributed by atoms with Crippen LogP contribution in [0.25, 0.3) is 16.0 Å². The number of carbonyl (C=O) groups excluding carboxylic acids is 1. The molecule has 0 saturated carbocycles. The van der Waals surface area contributed by atoms with Crippen molar-refractivity contribution in [3.63, 3.8) is 0 Å². The number of amides is 1. The van der Waals surface area contributed by atoms with Gasteiger partial charge in [0.1, 0.15) is 29.4 Å². The molecule has 5 heterocycles. The molecule has 0 spiro atoms. The number of carbonyl (C=O) groups is 1. The predicted octanol–water partition coefficient (Wildman–Crippen LogP) is 2.25. The van der Waals surface area contributed by atoms with E-state index in [4.69, 9.17) is 9.15 Å². The number of hydrogen-bond donors (Lipinski definition) is 0. The number of furan rings is 1. The molecule has 0 N–H and O–H groups in total. The summed E-state index contributed by atoms with van der Waals surface area (Å²) in [6, 6.07) is 10.8. The first-order valence-electron chi connectivity index (χ1n) is 10.7. The van der Waals surface area contributed by atoms with Gasteiger partial charge in [-0.3, -0.25) is 14.2 Å². The monoisotopic (exact) mass is 477 g/mol. The van der Waals surface area contributed by atoms with Crippen molar-refractivity contribution in [2.24, 2.45) is 0 Å². The maximum Gasteiger partial charge on any atom is 0.352 e. The topological polar surface area (TPSA) is 104 Å². The van der Waals surface area contributed by atoms with Crippen LogP contribution in [0, 0.1) is 6.92 Å². The van der Waals surface area contributed by atoms with E-state index in [9.17, 15) is 14.4 Å². The molecule has 0 fully saturated rings. The lowest BCUT2D eigenvalue weighted by Crippen LogP contribution is -2.41. The highest BCUT2D eigenvalue weighted by Crippen LogP contribution is 2.32. The van der Waals surface area contributed by atoms with Crippen LogP contribution in [-0.4, -0.2) is 37.8 Å². The molecule has 0 radical (unpaired) electrons. The minimum Gasteiger partial charge on any atom is -0.490 e. The summed E-state index contributed by atoms with van der Waals surface area (Å²) in [7, 11) is 0. The second kappa shape index (κ2) is 7.73. The van der Waals surface area contributed by atoms with Gasteiger partial charge in [0.15, 0.2) is 0 Å². The Morgan fingerprint density at radius 2 is 2.09 bits per heavy atom. The summed E-state index contributed by atoms with van der Waals surface area (Å²) < 4.78 is 15.4. The van der Waals surface area contributed by atoms with Crippen LogP contribution in [0.4, 0.5) is 5.69 Å². The van der Waals surface area contributed by atoms with Gasteiger partial charge >= 0.3 is 5.69 Å². The molecular weight excluding hydrogens is 458 g/mol. The Labute approximate surface area is 195 Å². The van der Waals surface area contributed by atoms with Gasteiger partial charge < -0.3 is 14.1 Å². The molecule has 0 saturated heterocycles. The Bertz CT molecular complexity index is 1670. The van der Waals surface area contributed by atoms with Crippen molar-refractivity contribution in [1.82, 2.24) is 18.7 Å². The number of thiophene rings is 1. The largest absolute Gasteiger partial charge is 0.490 e. The van der Waals surface area contributed by atoms with E-state index in [1.165, 1.54) is 26.6 Å². The summed E-state index contributed by atoms with van der Waals surface area (Å²) in [6.07, 6.45) is 1.52. The SMILES string of the molecule is Cc1ccc2c(c1)N(C(=O)Cn1nc3n(Cc4ccco4)c(=O)c4sccc4n3c1=O)CCO2. The lowest BCUT2D eigenvalue weighted by atomic mass is 10.1. The molecule has 0 atom stereocenters. The first kappa shape index (κ1) is 20.5. The third-order valence-corrected chi connectivity index (χ3v) is 6.74. The Balaban J connectivity index is 1.45. The second-order valence-electron chi connectivity index (χ2n) is 8.05. The fraction of sp³-hybridized carbons (Fsp3) is 0.217. The van der Waals surface area contributed by atoms with E-state index < -0.39 is 5.69 Å². The summed E-state index contributed by atoms with van der Waals surface area (Å²) in [5, 5.41) is 6.16. The van der Waals surface area contributed by atoms with Gasteiger partial charge in [0, 0.05) is 0 Å². The third kappa shape index (κ3) is 3.16. The molecule has 4 aromatic heterocycles. The lowest BCUT2D eigenvalue weighted by Gasteiger charge is -2.29. The van der Waals surface area contributed by atoms with E-state index in [1.807, 2.05) is 25.1 Å². The molecule has 11 heteroatoms. The van der Waals surface area contributed by atoms with E-state index >= 15 is 0 Å². The number of anilines is 1. The maximum atomic E-state index is 13.4. The fourth-order valence-corrected chi connectivity index (χ4v) is 5.06. The van der Waals surface area contributed by atoms with Crippen LogP contribution in [0.5, 0.6) is 5.75 Å². The number of benzene rings is 1. The average Bonchev–Trinajstić information content (AvgIpc) is 3.57. The minimum atomic E-state index is -0.488. The first-order valence-corrected chi connectivity index (χ1v) is 11.5. The molecule has 6 rings (SSSR count).